The van der Waals surface area contributed by atoms with E-state index in [1.807, 2.05) is 0 Å². The first-order chi connectivity index (χ1) is 10.1. The molecule has 0 aliphatic heterocycles. The van der Waals surface area contributed by atoms with Crippen LogP contribution in [0.2, 0.25) is 0 Å². The van der Waals surface area contributed by atoms with Gasteiger partial charge in [-0.1, -0.05) is 19.3 Å². The number of aromatic carboxylic acids is 1. The maximum absolute atomic E-state index is 12.0. The SMILES string of the molecule is O=C(O)c1ccc2c(c1)[nH]c(=O)c(=O)n2CCC1CCC1. The minimum atomic E-state index is -1.06. The fourth-order valence-corrected chi connectivity index (χ4v) is 2.73. The van der Waals surface area contributed by atoms with Gasteiger partial charge in [-0.3, -0.25) is 9.59 Å². The summed E-state index contributed by atoms with van der Waals surface area (Å²) in [5.41, 5.74) is -0.247. The first-order valence-electron chi connectivity index (χ1n) is 7.06. The van der Waals surface area contributed by atoms with E-state index >= 15 is 0 Å². The van der Waals surface area contributed by atoms with Crippen molar-refractivity contribution in [2.24, 2.45) is 5.92 Å². The molecule has 6 heteroatoms. The molecule has 6 nitrogen and oxygen atoms in total. The van der Waals surface area contributed by atoms with E-state index in [9.17, 15) is 14.4 Å². The Morgan fingerprint density at radius 2 is 2.10 bits per heavy atom. The molecule has 1 aromatic heterocycles. The standard InChI is InChI=1S/C15H16N2O4/c18-13-14(19)17(7-6-9-2-1-3-9)12-5-4-10(15(20)21)8-11(12)16-13/h4-5,8-9H,1-3,6-7H2,(H,16,18)(H,20,21). The Kier molecular flexibility index (Phi) is 3.37. The molecule has 0 amide bonds. The first-order valence-corrected chi connectivity index (χ1v) is 7.06. The number of fused-ring (bicyclic) bond motifs is 1. The van der Waals surface area contributed by atoms with Crippen LogP contribution < -0.4 is 11.1 Å². The molecule has 2 N–H and O–H groups in total. The zero-order valence-corrected chi connectivity index (χ0v) is 11.5. The third-order valence-electron chi connectivity index (χ3n) is 4.21. The molecule has 21 heavy (non-hydrogen) atoms. The lowest BCUT2D eigenvalue weighted by atomic mass is 9.83. The highest BCUT2D eigenvalue weighted by molar-refractivity contribution is 5.92. The van der Waals surface area contributed by atoms with Crippen molar-refractivity contribution in [2.75, 3.05) is 0 Å². The van der Waals surface area contributed by atoms with Crippen molar-refractivity contribution in [3.05, 3.63) is 44.5 Å². The lowest BCUT2D eigenvalue weighted by Gasteiger charge is -2.25. The van der Waals surface area contributed by atoms with Gasteiger partial charge in [-0.15, -0.1) is 0 Å². The van der Waals surface area contributed by atoms with Crippen molar-refractivity contribution < 1.29 is 9.90 Å². The first kappa shape index (κ1) is 13.6. The van der Waals surface area contributed by atoms with Crippen LogP contribution in [0.1, 0.15) is 36.0 Å². The van der Waals surface area contributed by atoms with Crippen LogP contribution in [0.25, 0.3) is 11.0 Å². The largest absolute Gasteiger partial charge is 0.478 e. The van der Waals surface area contributed by atoms with Crippen LogP contribution in [0.4, 0.5) is 0 Å². The molecular formula is C15H16N2O4. The number of hydrogen-bond acceptors (Lipinski definition) is 3. The van der Waals surface area contributed by atoms with Gasteiger partial charge in [0.15, 0.2) is 0 Å². The van der Waals surface area contributed by atoms with Gasteiger partial charge >= 0.3 is 17.1 Å². The average Bonchev–Trinajstić information content (AvgIpc) is 2.40. The van der Waals surface area contributed by atoms with E-state index in [0.29, 0.717) is 23.5 Å². The third-order valence-corrected chi connectivity index (χ3v) is 4.21. The molecule has 0 radical (unpaired) electrons. The Morgan fingerprint density at radius 3 is 2.71 bits per heavy atom. The van der Waals surface area contributed by atoms with E-state index in [1.165, 1.54) is 36.0 Å². The number of nitrogens with zero attached hydrogens (tertiary/aromatic N) is 1. The monoisotopic (exact) mass is 288 g/mol. The van der Waals surface area contributed by atoms with Crippen LogP contribution in [0.5, 0.6) is 0 Å². The van der Waals surface area contributed by atoms with Gasteiger partial charge in [-0.05, 0) is 30.5 Å². The summed E-state index contributed by atoms with van der Waals surface area (Å²) in [7, 11) is 0. The molecule has 110 valence electrons. The zero-order chi connectivity index (χ0) is 15.0. The van der Waals surface area contributed by atoms with Gasteiger partial charge in [0.1, 0.15) is 0 Å². The number of carbonyl (C=O) groups is 1. The quantitative estimate of drug-likeness (QED) is 0.835. The van der Waals surface area contributed by atoms with Gasteiger partial charge in [0, 0.05) is 6.54 Å². The molecule has 0 spiro atoms. The zero-order valence-electron chi connectivity index (χ0n) is 11.5. The van der Waals surface area contributed by atoms with Crippen molar-refractivity contribution in [2.45, 2.75) is 32.2 Å². The van der Waals surface area contributed by atoms with E-state index in [-0.39, 0.29) is 5.56 Å². The number of aromatic nitrogens is 2. The van der Waals surface area contributed by atoms with E-state index in [1.54, 1.807) is 6.07 Å². The average molecular weight is 288 g/mol. The molecule has 1 heterocycles. The topological polar surface area (TPSA) is 92.2 Å². The highest BCUT2D eigenvalue weighted by atomic mass is 16.4. The lowest BCUT2D eigenvalue weighted by molar-refractivity contribution is 0.0697. The van der Waals surface area contributed by atoms with Crippen LogP contribution in [-0.2, 0) is 6.54 Å². The molecule has 1 saturated carbocycles. The Morgan fingerprint density at radius 1 is 1.33 bits per heavy atom. The second-order valence-corrected chi connectivity index (χ2v) is 5.53. The number of benzene rings is 1. The minimum absolute atomic E-state index is 0.0855. The normalized spacial score (nSPS) is 15.0. The van der Waals surface area contributed by atoms with Crippen molar-refractivity contribution >= 4 is 17.0 Å². The van der Waals surface area contributed by atoms with E-state index in [2.05, 4.69) is 4.98 Å². The van der Waals surface area contributed by atoms with Crippen LogP contribution in [0, 0.1) is 5.92 Å². The summed E-state index contributed by atoms with van der Waals surface area (Å²) in [4.78, 5) is 37.2. The third kappa shape index (κ3) is 2.49. The van der Waals surface area contributed by atoms with Gasteiger partial charge < -0.3 is 14.7 Å². The van der Waals surface area contributed by atoms with Crippen LogP contribution >= 0.6 is 0 Å². The van der Waals surface area contributed by atoms with Gasteiger partial charge in [0.05, 0.1) is 16.6 Å². The second kappa shape index (κ2) is 5.20. The number of rotatable bonds is 4. The number of aryl methyl sites for hydroxylation is 1. The van der Waals surface area contributed by atoms with Crippen molar-refractivity contribution in [1.82, 2.24) is 9.55 Å². The van der Waals surface area contributed by atoms with Gasteiger partial charge in [-0.2, -0.15) is 0 Å². The fraction of sp³-hybridized carbons (Fsp3) is 0.400. The Balaban J connectivity index is 2.07. The van der Waals surface area contributed by atoms with Gasteiger partial charge in [0.25, 0.3) is 0 Å². The van der Waals surface area contributed by atoms with Crippen LogP contribution in [-0.4, -0.2) is 20.6 Å². The molecule has 0 atom stereocenters. The Labute approximate surface area is 120 Å². The van der Waals surface area contributed by atoms with Crippen LogP contribution in [0.15, 0.2) is 27.8 Å². The molecule has 1 fully saturated rings. The smallest absolute Gasteiger partial charge is 0.335 e. The van der Waals surface area contributed by atoms with Gasteiger partial charge in [-0.25, -0.2) is 4.79 Å². The van der Waals surface area contributed by atoms with Crippen LogP contribution in [0.3, 0.4) is 0 Å². The maximum Gasteiger partial charge on any atom is 0.335 e. The lowest BCUT2D eigenvalue weighted by Crippen LogP contribution is -2.37. The number of H-pyrrole nitrogens is 1. The summed E-state index contributed by atoms with van der Waals surface area (Å²) >= 11 is 0. The summed E-state index contributed by atoms with van der Waals surface area (Å²) in [5, 5.41) is 8.99. The molecule has 1 aliphatic carbocycles. The molecule has 0 saturated heterocycles. The molecule has 1 aromatic carbocycles. The predicted molar refractivity (Wildman–Crippen MR) is 77.7 cm³/mol. The number of carboxylic acid groups (broad SMARTS) is 1. The minimum Gasteiger partial charge on any atom is -0.478 e. The second-order valence-electron chi connectivity index (χ2n) is 5.53. The molecular weight excluding hydrogens is 272 g/mol. The molecule has 1 aliphatic rings. The number of aromatic amines is 1. The fourth-order valence-electron chi connectivity index (χ4n) is 2.73. The van der Waals surface area contributed by atoms with Crippen molar-refractivity contribution in [1.29, 1.82) is 0 Å². The van der Waals surface area contributed by atoms with E-state index in [4.69, 9.17) is 5.11 Å². The highest BCUT2D eigenvalue weighted by Gasteiger charge is 2.18. The number of nitrogens with one attached hydrogen (secondary N) is 1. The van der Waals surface area contributed by atoms with E-state index < -0.39 is 17.1 Å². The maximum atomic E-state index is 12.0. The number of carboxylic acids is 1. The summed E-state index contributed by atoms with van der Waals surface area (Å²) in [6.45, 7) is 0.496. The summed E-state index contributed by atoms with van der Waals surface area (Å²) in [5.74, 6) is -0.436. The number of hydrogen-bond donors (Lipinski definition) is 2. The van der Waals surface area contributed by atoms with E-state index in [0.717, 1.165) is 6.42 Å². The Bertz CT molecular complexity index is 815. The predicted octanol–water partition coefficient (Wildman–Crippen LogP) is 1.58. The highest BCUT2D eigenvalue weighted by Crippen LogP contribution is 2.29. The van der Waals surface area contributed by atoms with Crippen molar-refractivity contribution in [3.8, 4) is 0 Å². The summed E-state index contributed by atoms with van der Waals surface area (Å²) in [6, 6.07) is 4.41. The molecule has 0 bridgehead atoms. The molecule has 3 rings (SSSR count). The molecule has 0 unspecified atom stereocenters. The summed E-state index contributed by atoms with van der Waals surface area (Å²) < 4.78 is 1.46. The molecule has 2 aromatic rings. The summed E-state index contributed by atoms with van der Waals surface area (Å²) in [6.07, 6.45) is 4.47. The van der Waals surface area contributed by atoms with Gasteiger partial charge in [0.2, 0.25) is 0 Å². The van der Waals surface area contributed by atoms with Crippen molar-refractivity contribution in [3.63, 3.8) is 0 Å². The Hall–Kier alpha value is -2.37.